The monoisotopic (exact) mass is 317 g/mol. The Kier molecular flexibility index (Phi) is 2.95. The maximum atomic E-state index is 13.3. The molecule has 76 valence electrons. The van der Waals surface area contributed by atoms with Crippen LogP contribution in [0.15, 0.2) is 36.5 Å². The summed E-state index contributed by atoms with van der Waals surface area (Å²) in [4.78, 5) is 3.34. The molecular weight excluding hydrogens is 311 g/mol. The highest BCUT2D eigenvalue weighted by atomic mass is 127. The fraction of sp³-hybridized carbons (Fsp3) is 0. The average Bonchev–Trinajstić information content (AvgIpc) is 2.22. The van der Waals surface area contributed by atoms with Crippen LogP contribution >= 0.6 is 22.6 Å². The molecule has 15 heavy (non-hydrogen) atoms. The molecule has 0 aliphatic carbocycles. The van der Waals surface area contributed by atoms with Crippen molar-refractivity contribution in [1.82, 2.24) is 4.98 Å². The molecule has 0 amide bonds. The first kappa shape index (κ1) is 10.5. The van der Waals surface area contributed by atoms with Gasteiger partial charge in [0.2, 0.25) is 5.95 Å². The lowest BCUT2D eigenvalue weighted by Gasteiger charge is -2.03. The highest BCUT2D eigenvalue weighted by molar-refractivity contribution is 14.1. The van der Waals surface area contributed by atoms with Crippen LogP contribution in [0.5, 0.6) is 0 Å². The third kappa shape index (κ3) is 2.31. The number of hydrogen-bond donors (Lipinski definition) is 0. The fourth-order valence-electron chi connectivity index (χ4n) is 1.28. The Hall–Kier alpha value is -1.04. The Morgan fingerprint density at radius 3 is 2.67 bits per heavy atom. The van der Waals surface area contributed by atoms with E-state index in [0.717, 1.165) is 15.8 Å². The Morgan fingerprint density at radius 1 is 1.13 bits per heavy atom. The summed E-state index contributed by atoms with van der Waals surface area (Å²) in [5.74, 6) is -1.19. The van der Waals surface area contributed by atoms with Crippen LogP contribution in [0.1, 0.15) is 0 Å². The number of benzene rings is 1. The van der Waals surface area contributed by atoms with Crippen molar-refractivity contribution in [2.24, 2.45) is 0 Å². The lowest BCUT2D eigenvalue weighted by molar-refractivity contribution is 0.563. The van der Waals surface area contributed by atoms with E-state index < -0.39 is 11.8 Å². The predicted octanol–water partition coefficient (Wildman–Crippen LogP) is 3.63. The van der Waals surface area contributed by atoms with Crippen LogP contribution in [0.2, 0.25) is 0 Å². The van der Waals surface area contributed by atoms with Gasteiger partial charge in [-0.25, -0.2) is 9.37 Å². The third-order valence-electron chi connectivity index (χ3n) is 1.94. The molecule has 0 N–H and O–H groups in total. The molecule has 0 aliphatic rings. The Morgan fingerprint density at radius 2 is 1.93 bits per heavy atom. The normalized spacial score (nSPS) is 10.3. The highest BCUT2D eigenvalue weighted by Crippen LogP contribution is 2.23. The molecule has 4 heteroatoms. The molecule has 2 aromatic rings. The topological polar surface area (TPSA) is 12.9 Å². The number of aromatic nitrogens is 1. The molecule has 0 aliphatic heterocycles. The average molecular weight is 317 g/mol. The van der Waals surface area contributed by atoms with E-state index in [9.17, 15) is 8.78 Å². The van der Waals surface area contributed by atoms with Crippen molar-refractivity contribution in [3.63, 3.8) is 0 Å². The molecule has 0 spiro atoms. The van der Waals surface area contributed by atoms with Gasteiger partial charge in [0.05, 0.1) is 6.20 Å². The van der Waals surface area contributed by atoms with E-state index in [1.165, 1.54) is 0 Å². The van der Waals surface area contributed by atoms with Crippen LogP contribution in [0.25, 0.3) is 11.1 Å². The van der Waals surface area contributed by atoms with Gasteiger partial charge in [0.25, 0.3) is 0 Å². The molecule has 0 bridgehead atoms. The van der Waals surface area contributed by atoms with Gasteiger partial charge in [0.1, 0.15) is 5.82 Å². The number of rotatable bonds is 1. The smallest absolute Gasteiger partial charge is 0.220 e. The molecule has 1 aromatic heterocycles. The van der Waals surface area contributed by atoms with Crippen LogP contribution in [0.3, 0.4) is 0 Å². The minimum atomic E-state index is -0.654. The van der Waals surface area contributed by atoms with Gasteiger partial charge in [-0.3, -0.25) is 0 Å². The van der Waals surface area contributed by atoms with Crippen molar-refractivity contribution >= 4 is 22.6 Å². The summed E-state index contributed by atoms with van der Waals surface area (Å²) >= 11 is 2.12. The van der Waals surface area contributed by atoms with Gasteiger partial charge in [-0.15, -0.1) is 0 Å². The molecule has 0 saturated carbocycles. The third-order valence-corrected chi connectivity index (χ3v) is 2.61. The summed E-state index contributed by atoms with van der Waals surface area (Å²) in [7, 11) is 0. The number of pyridine rings is 1. The van der Waals surface area contributed by atoms with E-state index in [2.05, 4.69) is 27.6 Å². The summed E-state index contributed by atoms with van der Waals surface area (Å²) in [5.41, 5.74) is 0.819. The molecule has 0 radical (unpaired) electrons. The summed E-state index contributed by atoms with van der Waals surface area (Å²) in [6.45, 7) is 0. The van der Waals surface area contributed by atoms with Crippen molar-refractivity contribution < 1.29 is 8.78 Å². The lowest BCUT2D eigenvalue weighted by atomic mass is 10.1. The number of halogens is 3. The van der Waals surface area contributed by atoms with E-state index in [0.29, 0.717) is 5.56 Å². The van der Waals surface area contributed by atoms with Gasteiger partial charge in [-0.05, 0) is 46.4 Å². The standard InChI is InChI=1S/C11H6F2IN/c12-8-5-10(11(13)15-6-8)7-2-1-3-9(14)4-7/h1-6H. The van der Waals surface area contributed by atoms with Gasteiger partial charge in [0.15, 0.2) is 0 Å². The second-order valence-corrected chi connectivity index (χ2v) is 4.25. The van der Waals surface area contributed by atoms with Gasteiger partial charge in [-0.2, -0.15) is 4.39 Å². The quantitative estimate of drug-likeness (QED) is 0.578. The Bertz CT molecular complexity index is 500. The molecule has 2 rings (SSSR count). The lowest BCUT2D eigenvalue weighted by Crippen LogP contribution is -1.90. The number of nitrogens with zero attached hydrogens (tertiary/aromatic N) is 1. The summed E-state index contributed by atoms with van der Waals surface area (Å²) in [6, 6.07) is 8.33. The highest BCUT2D eigenvalue weighted by Gasteiger charge is 2.07. The predicted molar refractivity (Wildman–Crippen MR) is 62.3 cm³/mol. The first-order valence-corrected chi connectivity index (χ1v) is 5.31. The summed E-state index contributed by atoms with van der Waals surface area (Å²) in [5, 5.41) is 0. The van der Waals surface area contributed by atoms with Crippen molar-refractivity contribution in [3.8, 4) is 11.1 Å². The summed E-state index contributed by atoms with van der Waals surface area (Å²) in [6.07, 6.45) is 0.868. The van der Waals surface area contributed by atoms with Crippen molar-refractivity contribution in [3.05, 3.63) is 51.9 Å². The minimum Gasteiger partial charge on any atom is -0.225 e. The summed E-state index contributed by atoms with van der Waals surface area (Å²) < 4.78 is 27.2. The first-order valence-electron chi connectivity index (χ1n) is 4.24. The van der Waals surface area contributed by atoms with Crippen LogP contribution < -0.4 is 0 Å². The first-order chi connectivity index (χ1) is 7.16. The fourth-order valence-corrected chi connectivity index (χ4v) is 1.82. The molecule has 1 nitrogen and oxygen atoms in total. The second-order valence-electron chi connectivity index (χ2n) is 3.00. The zero-order valence-electron chi connectivity index (χ0n) is 7.55. The van der Waals surface area contributed by atoms with Gasteiger partial charge in [0, 0.05) is 9.13 Å². The molecule has 0 unspecified atom stereocenters. The number of hydrogen-bond acceptors (Lipinski definition) is 1. The zero-order chi connectivity index (χ0) is 10.8. The van der Waals surface area contributed by atoms with E-state index >= 15 is 0 Å². The molecule has 0 saturated heterocycles. The molecule has 1 heterocycles. The van der Waals surface area contributed by atoms with Crippen LogP contribution in [-0.4, -0.2) is 4.98 Å². The Balaban J connectivity index is 2.58. The van der Waals surface area contributed by atoms with E-state index in [1.54, 1.807) is 18.2 Å². The largest absolute Gasteiger partial charge is 0.225 e. The van der Waals surface area contributed by atoms with Gasteiger partial charge >= 0.3 is 0 Å². The molecule has 1 aromatic carbocycles. The van der Waals surface area contributed by atoms with E-state index in [1.807, 2.05) is 6.07 Å². The van der Waals surface area contributed by atoms with Gasteiger partial charge < -0.3 is 0 Å². The maximum Gasteiger partial charge on any atom is 0.220 e. The van der Waals surface area contributed by atoms with E-state index in [4.69, 9.17) is 0 Å². The molecule has 0 atom stereocenters. The molecular formula is C11H6F2IN. The zero-order valence-corrected chi connectivity index (χ0v) is 9.70. The van der Waals surface area contributed by atoms with Crippen LogP contribution in [0, 0.1) is 15.3 Å². The Labute approximate surface area is 99.3 Å². The van der Waals surface area contributed by atoms with Crippen molar-refractivity contribution in [2.45, 2.75) is 0 Å². The van der Waals surface area contributed by atoms with Gasteiger partial charge in [-0.1, -0.05) is 12.1 Å². The van der Waals surface area contributed by atoms with Crippen molar-refractivity contribution in [2.75, 3.05) is 0 Å². The second kappa shape index (κ2) is 4.22. The molecule has 0 fully saturated rings. The maximum absolute atomic E-state index is 13.3. The SMILES string of the molecule is Fc1cnc(F)c(-c2cccc(I)c2)c1. The van der Waals surface area contributed by atoms with Crippen LogP contribution in [0.4, 0.5) is 8.78 Å². The minimum absolute atomic E-state index is 0.188. The van der Waals surface area contributed by atoms with Crippen molar-refractivity contribution in [1.29, 1.82) is 0 Å². The van der Waals surface area contributed by atoms with E-state index in [-0.39, 0.29) is 5.56 Å². The van der Waals surface area contributed by atoms with Crippen LogP contribution in [-0.2, 0) is 0 Å².